The summed E-state index contributed by atoms with van der Waals surface area (Å²) in [5.74, 6) is 0.999. The third-order valence-corrected chi connectivity index (χ3v) is 4.72. The van der Waals surface area contributed by atoms with E-state index in [1.165, 1.54) is 16.0 Å². The molecule has 21 heavy (non-hydrogen) atoms. The van der Waals surface area contributed by atoms with Crippen LogP contribution in [0.4, 0.5) is 0 Å². The zero-order chi connectivity index (χ0) is 15.1. The van der Waals surface area contributed by atoms with Crippen LogP contribution in [0.25, 0.3) is 0 Å². The van der Waals surface area contributed by atoms with Crippen molar-refractivity contribution in [3.8, 4) is 5.75 Å². The molecule has 0 radical (unpaired) electrons. The molecule has 114 valence electrons. The van der Waals surface area contributed by atoms with Gasteiger partial charge in [-0.1, -0.05) is 38.1 Å². The molecular weight excluding hydrogens is 278 g/mol. The van der Waals surface area contributed by atoms with Crippen LogP contribution in [0.1, 0.15) is 42.3 Å². The Morgan fingerprint density at radius 3 is 2.43 bits per heavy atom. The molecule has 0 aliphatic rings. The Labute approximate surface area is 132 Å². The second kappa shape index (κ2) is 8.20. The van der Waals surface area contributed by atoms with Crippen LogP contribution < -0.4 is 10.1 Å². The first-order valence-electron chi connectivity index (χ1n) is 7.71. The summed E-state index contributed by atoms with van der Waals surface area (Å²) < 4.78 is 5.49. The van der Waals surface area contributed by atoms with E-state index < -0.39 is 0 Å². The van der Waals surface area contributed by atoms with E-state index in [-0.39, 0.29) is 0 Å². The summed E-state index contributed by atoms with van der Waals surface area (Å²) in [4.78, 5) is 1.30. The van der Waals surface area contributed by atoms with Crippen molar-refractivity contribution in [2.45, 2.75) is 39.2 Å². The SMILES string of the molecule is CCCNC(Cc1ccc(CC)cc1)c1sccc1OC. The molecule has 0 aliphatic heterocycles. The van der Waals surface area contributed by atoms with E-state index in [4.69, 9.17) is 4.74 Å². The molecular formula is C18H25NOS. The first-order chi connectivity index (χ1) is 10.3. The largest absolute Gasteiger partial charge is 0.496 e. The highest BCUT2D eigenvalue weighted by Crippen LogP contribution is 2.32. The van der Waals surface area contributed by atoms with Crippen LogP contribution in [0.15, 0.2) is 35.7 Å². The van der Waals surface area contributed by atoms with Crippen molar-refractivity contribution in [2.24, 2.45) is 0 Å². The van der Waals surface area contributed by atoms with Gasteiger partial charge in [-0.05, 0) is 48.4 Å². The molecule has 2 aromatic rings. The van der Waals surface area contributed by atoms with E-state index in [1.54, 1.807) is 18.4 Å². The molecule has 2 nitrogen and oxygen atoms in total. The number of hydrogen-bond acceptors (Lipinski definition) is 3. The molecule has 0 amide bonds. The monoisotopic (exact) mass is 303 g/mol. The molecule has 0 aliphatic carbocycles. The lowest BCUT2D eigenvalue weighted by atomic mass is 10.0. The van der Waals surface area contributed by atoms with Gasteiger partial charge in [0.25, 0.3) is 0 Å². The molecule has 0 bridgehead atoms. The van der Waals surface area contributed by atoms with Crippen molar-refractivity contribution in [3.05, 3.63) is 51.7 Å². The van der Waals surface area contributed by atoms with Crippen molar-refractivity contribution in [3.63, 3.8) is 0 Å². The van der Waals surface area contributed by atoms with Crippen LogP contribution in [0, 0.1) is 0 Å². The Morgan fingerprint density at radius 2 is 1.81 bits per heavy atom. The quantitative estimate of drug-likeness (QED) is 0.769. The molecule has 0 saturated heterocycles. The zero-order valence-electron chi connectivity index (χ0n) is 13.2. The molecule has 1 heterocycles. The van der Waals surface area contributed by atoms with Gasteiger partial charge in [0.1, 0.15) is 5.75 Å². The van der Waals surface area contributed by atoms with Gasteiger partial charge in [0, 0.05) is 6.04 Å². The molecule has 1 N–H and O–H groups in total. The molecule has 1 aromatic heterocycles. The highest BCUT2D eigenvalue weighted by molar-refractivity contribution is 7.10. The second-order valence-electron chi connectivity index (χ2n) is 5.23. The molecule has 3 heteroatoms. The Hall–Kier alpha value is -1.32. The van der Waals surface area contributed by atoms with Gasteiger partial charge in [-0.3, -0.25) is 0 Å². The maximum absolute atomic E-state index is 5.49. The van der Waals surface area contributed by atoms with Crippen LogP contribution in [0.3, 0.4) is 0 Å². The molecule has 2 rings (SSSR count). The maximum atomic E-state index is 5.49. The van der Waals surface area contributed by atoms with Crippen LogP contribution in [0.5, 0.6) is 5.75 Å². The van der Waals surface area contributed by atoms with Crippen LogP contribution in [0.2, 0.25) is 0 Å². The molecule has 0 saturated carbocycles. The molecule has 0 spiro atoms. The fourth-order valence-corrected chi connectivity index (χ4v) is 3.39. The number of hydrogen-bond donors (Lipinski definition) is 1. The van der Waals surface area contributed by atoms with Gasteiger partial charge in [0.05, 0.1) is 12.0 Å². The van der Waals surface area contributed by atoms with E-state index in [1.807, 2.05) is 0 Å². The van der Waals surface area contributed by atoms with Crippen molar-refractivity contribution in [1.29, 1.82) is 0 Å². The van der Waals surface area contributed by atoms with Crippen LogP contribution in [-0.2, 0) is 12.8 Å². The molecule has 1 unspecified atom stereocenters. The predicted octanol–water partition coefficient (Wildman–Crippen LogP) is 4.60. The summed E-state index contributed by atoms with van der Waals surface area (Å²) in [6, 6.07) is 11.3. The van der Waals surface area contributed by atoms with Crippen molar-refractivity contribution in [1.82, 2.24) is 5.32 Å². The summed E-state index contributed by atoms with van der Waals surface area (Å²) in [5.41, 5.74) is 2.77. The van der Waals surface area contributed by atoms with Gasteiger partial charge in [0.15, 0.2) is 0 Å². The predicted molar refractivity (Wildman–Crippen MR) is 91.4 cm³/mol. The highest BCUT2D eigenvalue weighted by Gasteiger charge is 2.17. The lowest BCUT2D eigenvalue weighted by molar-refractivity contribution is 0.402. The number of thiophene rings is 1. The van der Waals surface area contributed by atoms with E-state index in [0.29, 0.717) is 6.04 Å². The Kier molecular flexibility index (Phi) is 6.27. The number of nitrogens with one attached hydrogen (secondary N) is 1. The maximum Gasteiger partial charge on any atom is 0.134 e. The Balaban J connectivity index is 2.15. The summed E-state index contributed by atoms with van der Waals surface area (Å²) >= 11 is 1.77. The highest BCUT2D eigenvalue weighted by atomic mass is 32.1. The lowest BCUT2D eigenvalue weighted by Gasteiger charge is -2.19. The Morgan fingerprint density at radius 1 is 1.10 bits per heavy atom. The second-order valence-corrected chi connectivity index (χ2v) is 6.18. The first-order valence-corrected chi connectivity index (χ1v) is 8.59. The third-order valence-electron chi connectivity index (χ3n) is 3.71. The summed E-state index contributed by atoms with van der Waals surface area (Å²) in [7, 11) is 1.75. The smallest absolute Gasteiger partial charge is 0.134 e. The summed E-state index contributed by atoms with van der Waals surface area (Å²) in [5, 5.41) is 5.76. The molecule has 1 atom stereocenters. The van der Waals surface area contributed by atoms with E-state index in [9.17, 15) is 0 Å². The van der Waals surface area contributed by atoms with Gasteiger partial charge in [-0.25, -0.2) is 0 Å². The number of aryl methyl sites for hydroxylation is 1. The molecule has 0 fully saturated rings. The number of benzene rings is 1. The van der Waals surface area contributed by atoms with Gasteiger partial charge in [0.2, 0.25) is 0 Å². The summed E-state index contributed by atoms with van der Waals surface area (Å²) in [6.45, 7) is 5.42. The number of rotatable bonds is 8. The first kappa shape index (κ1) is 16.1. The van der Waals surface area contributed by atoms with Gasteiger partial charge < -0.3 is 10.1 Å². The average Bonchev–Trinajstić information content (AvgIpc) is 3.00. The number of methoxy groups -OCH3 is 1. The number of ether oxygens (including phenoxy) is 1. The minimum Gasteiger partial charge on any atom is -0.496 e. The van der Waals surface area contributed by atoms with Gasteiger partial charge in [-0.2, -0.15) is 0 Å². The van der Waals surface area contributed by atoms with Gasteiger partial charge in [-0.15, -0.1) is 11.3 Å². The zero-order valence-corrected chi connectivity index (χ0v) is 14.0. The van der Waals surface area contributed by atoms with Crippen molar-refractivity contribution < 1.29 is 4.74 Å². The van der Waals surface area contributed by atoms with E-state index >= 15 is 0 Å². The fraction of sp³-hybridized carbons (Fsp3) is 0.444. The van der Waals surface area contributed by atoms with Crippen molar-refractivity contribution >= 4 is 11.3 Å². The third kappa shape index (κ3) is 4.32. The topological polar surface area (TPSA) is 21.3 Å². The molecule has 1 aromatic carbocycles. The Bertz CT molecular complexity index is 532. The van der Waals surface area contributed by atoms with Gasteiger partial charge >= 0.3 is 0 Å². The fourth-order valence-electron chi connectivity index (χ4n) is 2.45. The normalized spacial score (nSPS) is 12.3. The average molecular weight is 303 g/mol. The summed E-state index contributed by atoms with van der Waals surface area (Å²) in [6.07, 6.45) is 3.23. The van der Waals surface area contributed by atoms with Crippen LogP contribution in [-0.4, -0.2) is 13.7 Å². The standard InChI is InChI=1S/C18H25NOS/c1-4-11-19-16(18-17(20-3)10-12-21-18)13-15-8-6-14(5-2)7-9-15/h6-10,12,16,19H,4-5,11,13H2,1-3H3. The van der Waals surface area contributed by atoms with Crippen LogP contribution >= 0.6 is 11.3 Å². The lowest BCUT2D eigenvalue weighted by Crippen LogP contribution is -2.23. The minimum absolute atomic E-state index is 0.326. The van der Waals surface area contributed by atoms with Crippen molar-refractivity contribution in [2.75, 3.05) is 13.7 Å². The minimum atomic E-state index is 0.326. The van der Waals surface area contributed by atoms with E-state index in [2.05, 4.69) is 54.9 Å². The van der Waals surface area contributed by atoms with E-state index in [0.717, 1.165) is 31.6 Å².